The van der Waals surface area contributed by atoms with Crippen molar-refractivity contribution in [3.8, 4) is 11.5 Å². The molecule has 1 aliphatic heterocycles. The van der Waals surface area contributed by atoms with Gasteiger partial charge in [-0.25, -0.2) is 8.42 Å². The second-order valence-corrected chi connectivity index (χ2v) is 9.25. The minimum Gasteiger partial charge on any atom is -0.493 e. The maximum atomic E-state index is 12.9. The summed E-state index contributed by atoms with van der Waals surface area (Å²) in [5.41, 5.74) is 1.89. The Morgan fingerprint density at radius 1 is 1.10 bits per heavy atom. The number of sulfonamides is 1. The van der Waals surface area contributed by atoms with E-state index in [2.05, 4.69) is 5.32 Å². The fourth-order valence-electron chi connectivity index (χ4n) is 3.67. The van der Waals surface area contributed by atoms with Crippen molar-refractivity contribution < 1.29 is 22.7 Å². The SMILES string of the molecule is COc1ccc(CCNC(=O)c2cc(S(=O)(=O)N3CCCC3)c(C)n2C)cc1OC. The van der Waals surface area contributed by atoms with Crippen LogP contribution < -0.4 is 14.8 Å². The van der Waals surface area contributed by atoms with Gasteiger partial charge in [0.2, 0.25) is 10.0 Å². The second-order valence-electron chi connectivity index (χ2n) is 7.34. The quantitative estimate of drug-likeness (QED) is 0.686. The van der Waals surface area contributed by atoms with E-state index in [1.54, 1.807) is 32.8 Å². The van der Waals surface area contributed by atoms with Crippen LogP contribution in [-0.2, 0) is 23.5 Å². The molecule has 1 amide bonds. The lowest BCUT2D eigenvalue weighted by molar-refractivity contribution is 0.0945. The summed E-state index contributed by atoms with van der Waals surface area (Å²) in [5, 5.41) is 2.88. The van der Waals surface area contributed by atoms with E-state index >= 15 is 0 Å². The first-order chi connectivity index (χ1) is 14.3. The van der Waals surface area contributed by atoms with Gasteiger partial charge in [-0.05, 0) is 49.9 Å². The fraction of sp³-hybridized carbons (Fsp3) is 0.476. The monoisotopic (exact) mass is 435 g/mol. The van der Waals surface area contributed by atoms with Crippen molar-refractivity contribution in [3.63, 3.8) is 0 Å². The van der Waals surface area contributed by atoms with Gasteiger partial charge in [0.15, 0.2) is 11.5 Å². The highest BCUT2D eigenvalue weighted by atomic mass is 32.2. The summed E-state index contributed by atoms with van der Waals surface area (Å²) in [6, 6.07) is 7.10. The molecule has 0 radical (unpaired) electrons. The number of aromatic nitrogens is 1. The average molecular weight is 436 g/mol. The van der Waals surface area contributed by atoms with E-state index in [0.29, 0.717) is 48.9 Å². The van der Waals surface area contributed by atoms with Crippen LogP contribution in [0.2, 0.25) is 0 Å². The predicted molar refractivity (Wildman–Crippen MR) is 114 cm³/mol. The molecule has 1 aromatic heterocycles. The molecule has 0 spiro atoms. The van der Waals surface area contributed by atoms with Crippen LogP contribution in [0.15, 0.2) is 29.2 Å². The first-order valence-electron chi connectivity index (χ1n) is 9.95. The molecule has 2 aromatic rings. The Hall–Kier alpha value is -2.52. The van der Waals surface area contributed by atoms with E-state index in [0.717, 1.165) is 18.4 Å². The molecule has 0 atom stereocenters. The van der Waals surface area contributed by atoms with Crippen LogP contribution in [0.4, 0.5) is 0 Å². The Morgan fingerprint density at radius 2 is 1.77 bits per heavy atom. The second kappa shape index (κ2) is 9.09. The van der Waals surface area contributed by atoms with Crippen LogP contribution in [0, 0.1) is 6.92 Å². The van der Waals surface area contributed by atoms with Crippen LogP contribution in [-0.4, -0.2) is 57.1 Å². The zero-order valence-electron chi connectivity index (χ0n) is 17.9. The van der Waals surface area contributed by atoms with Crippen LogP contribution in [0.5, 0.6) is 11.5 Å². The molecular weight excluding hydrogens is 406 g/mol. The molecule has 2 heterocycles. The number of nitrogens with one attached hydrogen (secondary N) is 1. The Labute approximate surface area is 177 Å². The Kier molecular flexibility index (Phi) is 6.72. The predicted octanol–water partition coefficient (Wildman–Crippen LogP) is 2.11. The minimum atomic E-state index is -3.58. The summed E-state index contributed by atoms with van der Waals surface area (Å²) in [6.07, 6.45) is 2.34. The number of hydrogen-bond acceptors (Lipinski definition) is 5. The number of amides is 1. The molecule has 1 N–H and O–H groups in total. The molecule has 0 unspecified atom stereocenters. The maximum Gasteiger partial charge on any atom is 0.267 e. The summed E-state index contributed by atoms with van der Waals surface area (Å²) >= 11 is 0. The van der Waals surface area contributed by atoms with Gasteiger partial charge >= 0.3 is 0 Å². The van der Waals surface area contributed by atoms with Gasteiger partial charge in [0.25, 0.3) is 5.91 Å². The van der Waals surface area contributed by atoms with E-state index in [1.165, 1.54) is 10.4 Å². The van der Waals surface area contributed by atoms with Gasteiger partial charge in [0.1, 0.15) is 10.6 Å². The largest absolute Gasteiger partial charge is 0.493 e. The fourth-order valence-corrected chi connectivity index (χ4v) is 5.45. The van der Waals surface area contributed by atoms with Crippen molar-refractivity contribution in [1.82, 2.24) is 14.2 Å². The summed E-state index contributed by atoms with van der Waals surface area (Å²) in [5.74, 6) is 0.983. The van der Waals surface area contributed by atoms with Crippen LogP contribution in [0.3, 0.4) is 0 Å². The Bertz CT molecular complexity index is 1020. The van der Waals surface area contributed by atoms with Gasteiger partial charge in [-0.15, -0.1) is 0 Å². The zero-order valence-corrected chi connectivity index (χ0v) is 18.7. The van der Waals surface area contributed by atoms with Crippen LogP contribution >= 0.6 is 0 Å². The number of carbonyl (C=O) groups is 1. The van der Waals surface area contributed by atoms with Gasteiger partial charge in [0, 0.05) is 32.4 Å². The first-order valence-corrected chi connectivity index (χ1v) is 11.4. The lowest BCUT2D eigenvalue weighted by Crippen LogP contribution is -2.28. The lowest BCUT2D eigenvalue weighted by Gasteiger charge is -2.15. The molecule has 0 aliphatic carbocycles. The molecular formula is C21H29N3O5S. The van der Waals surface area contributed by atoms with E-state index in [-0.39, 0.29) is 10.8 Å². The van der Waals surface area contributed by atoms with Gasteiger partial charge in [-0.3, -0.25) is 4.79 Å². The molecule has 0 bridgehead atoms. The average Bonchev–Trinajstić information content (AvgIpc) is 3.38. The van der Waals surface area contributed by atoms with E-state index in [1.807, 2.05) is 18.2 Å². The standard InChI is InChI=1S/C21H29N3O5S/c1-15-20(30(26,27)24-11-5-6-12-24)14-17(23(15)2)21(25)22-10-9-16-7-8-18(28-3)19(13-16)29-4/h7-8,13-14H,5-6,9-12H2,1-4H3,(H,22,25). The summed E-state index contributed by atoms with van der Waals surface area (Å²) in [4.78, 5) is 12.9. The van der Waals surface area contributed by atoms with E-state index in [4.69, 9.17) is 9.47 Å². The molecule has 1 saturated heterocycles. The Morgan fingerprint density at radius 3 is 2.40 bits per heavy atom. The minimum absolute atomic E-state index is 0.206. The van der Waals surface area contributed by atoms with Gasteiger partial charge in [0.05, 0.1) is 14.2 Å². The van der Waals surface area contributed by atoms with E-state index in [9.17, 15) is 13.2 Å². The smallest absolute Gasteiger partial charge is 0.267 e. The number of nitrogens with zero attached hydrogens (tertiary/aromatic N) is 2. The normalized spacial score (nSPS) is 14.7. The zero-order chi connectivity index (χ0) is 21.9. The van der Waals surface area contributed by atoms with E-state index < -0.39 is 10.0 Å². The van der Waals surface area contributed by atoms with Crippen LogP contribution in [0.1, 0.15) is 34.6 Å². The maximum absolute atomic E-state index is 12.9. The number of ether oxygens (including phenoxy) is 2. The van der Waals surface area contributed by atoms with Crippen molar-refractivity contribution in [1.29, 1.82) is 0 Å². The Balaban J connectivity index is 1.69. The van der Waals surface area contributed by atoms with Crippen LogP contribution in [0.25, 0.3) is 0 Å². The number of benzene rings is 1. The van der Waals surface area contributed by atoms with Crippen molar-refractivity contribution in [2.45, 2.75) is 31.1 Å². The molecule has 0 saturated carbocycles. The lowest BCUT2D eigenvalue weighted by atomic mass is 10.1. The number of hydrogen-bond donors (Lipinski definition) is 1. The summed E-state index contributed by atoms with van der Waals surface area (Å²) in [6.45, 7) is 3.20. The van der Waals surface area contributed by atoms with Crippen molar-refractivity contribution in [2.75, 3.05) is 33.9 Å². The highest BCUT2D eigenvalue weighted by molar-refractivity contribution is 7.89. The number of carbonyl (C=O) groups excluding carboxylic acids is 1. The number of methoxy groups -OCH3 is 2. The summed E-state index contributed by atoms with van der Waals surface area (Å²) in [7, 11) is 1.29. The highest BCUT2D eigenvalue weighted by Gasteiger charge is 2.31. The van der Waals surface area contributed by atoms with Crippen molar-refractivity contribution in [2.24, 2.45) is 7.05 Å². The van der Waals surface area contributed by atoms with Gasteiger partial charge < -0.3 is 19.4 Å². The highest BCUT2D eigenvalue weighted by Crippen LogP contribution is 2.28. The molecule has 1 fully saturated rings. The molecule has 1 aliphatic rings. The number of rotatable bonds is 8. The molecule has 164 valence electrons. The molecule has 3 rings (SSSR count). The third kappa shape index (κ3) is 4.32. The molecule has 1 aromatic carbocycles. The summed E-state index contributed by atoms with van der Waals surface area (Å²) < 4.78 is 39.5. The van der Waals surface area contributed by atoms with Gasteiger partial charge in [-0.2, -0.15) is 4.31 Å². The topological polar surface area (TPSA) is 89.9 Å². The molecule has 8 nitrogen and oxygen atoms in total. The van der Waals surface area contributed by atoms with Gasteiger partial charge in [-0.1, -0.05) is 6.07 Å². The van der Waals surface area contributed by atoms with Crippen molar-refractivity contribution in [3.05, 3.63) is 41.2 Å². The van der Waals surface area contributed by atoms with Crippen molar-refractivity contribution >= 4 is 15.9 Å². The molecule has 30 heavy (non-hydrogen) atoms. The first kappa shape index (κ1) is 22.2. The molecule has 9 heteroatoms. The third-order valence-electron chi connectivity index (χ3n) is 5.55. The third-order valence-corrected chi connectivity index (χ3v) is 7.57.